The summed E-state index contributed by atoms with van der Waals surface area (Å²) < 4.78 is 26.0. The van der Waals surface area contributed by atoms with Crippen LogP contribution in [-0.2, 0) is 0 Å². The molecule has 0 N–H and O–H groups in total. The molecule has 0 bridgehead atoms. The second-order valence-electron chi connectivity index (χ2n) is 4.30. The van der Waals surface area contributed by atoms with Crippen LogP contribution >= 0.6 is 0 Å². The van der Waals surface area contributed by atoms with Crippen LogP contribution in [0.5, 0.6) is 0 Å². The molecule has 3 aromatic rings. The van der Waals surface area contributed by atoms with Crippen LogP contribution in [-0.4, -0.2) is 9.97 Å². The highest BCUT2D eigenvalue weighted by atomic mass is 19.1. The van der Waals surface area contributed by atoms with Gasteiger partial charge in [-0.3, -0.25) is 0 Å². The minimum absolute atomic E-state index is 0.297. The van der Waals surface area contributed by atoms with Crippen molar-refractivity contribution in [2.75, 3.05) is 0 Å². The molecule has 98 valence electrons. The maximum Gasteiger partial charge on any atom is 0.123 e. The van der Waals surface area contributed by atoms with Crippen molar-refractivity contribution in [2.45, 2.75) is 0 Å². The van der Waals surface area contributed by atoms with E-state index in [1.54, 1.807) is 30.5 Å². The summed E-state index contributed by atoms with van der Waals surface area (Å²) in [5.74, 6) is -0.597. The minimum Gasteiger partial charge on any atom is -0.244 e. The zero-order valence-electron chi connectivity index (χ0n) is 10.4. The molecule has 0 aliphatic rings. The molecule has 1 aromatic heterocycles. The molecule has 0 unspecified atom stereocenters. The van der Waals surface area contributed by atoms with Crippen LogP contribution in [0.25, 0.3) is 22.4 Å². The standard InChI is InChI=1S/C16H10F2N2/c17-13-5-1-11(2-6-13)15-9-19-10-20-16(15)12-3-7-14(18)8-4-12/h1-10H. The molecule has 1 heterocycles. The van der Waals surface area contributed by atoms with Gasteiger partial charge in [0.1, 0.15) is 18.0 Å². The van der Waals surface area contributed by atoms with Gasteiger partial charge in [0.25, 0.3) is 0 Å². The van der Waals surface area contributed by atoms with Crippen LogP contribution in [0.4, 0.5) is 8.78 Å². The average Bonchev–Trinajstić information content (AvgIpc) is 2.49. The highest BCUT2D eigenvalue weighted by molar-refractivity contribution is 5.79. The van der Waals surface area contributed by atoms with Crippen LogP contribution in [0.2, 0.25) is 0 Å². The Morgan fingerprint density at radius 1 is 0.700 bits per heavy atom. The molecule has 0 aliphatic heterocycles. The lowest BCUT2D eigenvalue weighted by atomic mass is 10.0. The van der Waals surface area contributed by atoms with Gasteiger partial charge in [0.15, 0.2) is 0 Å². The molecule has 2 aromatic carbocycles. The van der Waals surface area contributed by atoms with Gasteiger partial charge >= 0.3 is 0 Å². The summed E-state index contributed by atoms with van der Waals surface area (Å²) in [6.45, 7) is 0. The monoisotopic (exact) mass is 268 g/mol. The molecule has 2 nitrogen and oxygen atoms in total. The van der Waals surface area contributed by atoms with Gasteiger partial charge < -0.3 is 0 Å². The number of aromatic nitrogens is 2. The number of hydrogen-bond acceptors (Lipinski definition) is 2. The van der Waals surface area contributed by atoms with E-state index < -0.39 is 0 Å². The van der Waals surface area contributed by atoms with Crippen molar-refractivity contribution in [1.29, 1.82) is 0 Å². The van der Waals surface area contributed by atoms with Gasteiger partial charge in [-0.05, 0) is 42.0 Å². The third-order valence-electron chi connectivity index (χ3n) is 2.99. The first-order valence-corrected chi connectivity index (χ1v) is 6.06. The molecule has 3 rings (SSSR count). The number of halogens is 2. The Bertz CT molecular complexity index is 658. The summed E-state index contributed by atoms with van der Waals surface area (Å²) >= 11 is 0. The van der Waals surface area contributed by atoms with Gasteiger partial charge in [-0.1, -0.05) is 12.1 Å². The van der Waals surface area contributed by atoms with Gasteiger partial charge in [-0.15, -0.1) is 0 Å². The Morgan fingerprint density at radius 2 is 1.25 bits per heavy atom. The SMILES string of the molecule is Fc1ccc(-c2cncnc2-c2ccc(F)cc2)cc1. The average molecular weight is 268 g/mol. The molecular formula is C16H10F2N2. The fourth-order valence-electron chi connectivity index (χ4n) is 2.01. The van der Waals surface area contributed by atoms with Gasteiger partial charge in [-0.25, -0.2) is 18.7 Å². The molecule has 4 heteroatoms. The Labute approximate surface area is 114 Å². The maximum absolute atomic E-state index is 13.0. The summed E-state index contributed by atoms with van der Waals surface area (Å²) in [5.41, 5.74) is 3.06. The molecule has 0 fully saturated rings. The quantitative estimate of drug-likeness (QED) is 0.699. The Hall–Kier alpha value is -2.62. The number of hydrogen-bond donors (Lipinski definition) is 0. The van der Waals surface area contributed by atoms with Crippen LogP contribution in [0, 0.1) is 11.6 Å². The lowest BCUT2D eigenvalue weighted by Crippen LogP contribution is -1.91. The van der Waals surface area contributed by atoms with E-state index in [1.165, 1.54) is 30.6 Å². The van der Waals surface area contributed by atoms with E-state index >= 15 is 0 Å². The smallest absolute Gasteiger partial charge is 0.123 e. The topological polar surface area (TPSA) is 25.8 Å². The number of nitrogens with zero attached hydrogens (tertiary/aromatic N) is 2. The second-order valence-corrected chi connectivity index (χ2v) is 4.30. The lowest BCUT2D eigenvalue weighted by molar-refractivity contribution is 0.627. The van der Waals surface area contributed by atoms with E-state index in [1.807, 2.05) is 0 Å². The third kappa shape index (κ3) is 2.40. The molecule has 20 heavy (non-hydrogen) atoms. The van der Waals surface area contributed by atoms with Gasteiger partial charge in [0, 0.05) is 17.3 Å². The summed E-state index contributed by atoms with van der Waals surface area (Å²) in [5, 5.41) is 0. The molecule has 0 spiro atoms. The van der Waals surface area contributed by atoms with E-state index in [2.05, 4.69) is 9.97 Å². The molecule has 0 amide bonds. The summed E-state index contributed by atoms with van der Waals surface area (Å²) in [6.07, 6.45) is 3.10. The van der Waals surface area contributed by atoms with E-state index in [4.69, 9.17) is 0 Å². The van der Waals surface area contributed by atoms with Gasteiger partial charge in [0.05, 0.1) is 5.69 Å². The predicted octanol–water partition coefficient (Wildman–Crippen LogP) is 4.09. The molecule has 0 atom stereocenters. The Morgan fingerprint density at radius 3 is 1.85 bits per heavy atom. The normalized spacial score (nSPS) is 10.5. The first-order valence-electron chi connectivity index (χ1n) is 6.06. The lowest BCUT2D eigenvalue weighted by Gasteiger charge is -2.08. The number of benzene rings is 2. The first kappa shape index (κ1) is 12.4. The van der Waals surface area contributed by atoms with Gasteiger partial charge in [0.2, 0.25) is 0 Å². The first-order chi connectivity index (χ1) is 9.74. The summed E-state index contributed by atoms with van der Waals surface area (Å²) in [4.78, 5) is 8.26. The second kappa shape index (κ2) is 5.17. The summed E-state index contributed by atoms with van der Waals surface area (Å²) in [7, 11) is 0. The molecule has 0 aliphatic carbocycles. The van der Waals surface area contributed by atoms with Gasteiger partial charge in [-0.2, -0.15) is 0 Å². The minimum atomic E-state index is -0.300. The van der Waals surface area contributed by atoms with E-state index in [0.29, 0.717) is 5.69 Å². The maximum atomic E-state index is 13.0. The van der Waals surface area contributed by atoms with Crippen molar-refractivity contribution in [2.24, 2.45) is 0 Å². The van der Waals surface area contributed by atoms with Crippen molar-refractivity contribution in [1.82, 2.24) is 9.97 Å². The largest absolute Gasteiger partial charge is 0.244 e. The van der Waals surface area contributed by atoms with Crippen LogP contribution < -0.4 is 0 Å². The van der Waals surface area contributed by atoms with Crippen molar-refractivity contribution in [3.8, 4) is 22.4 Å². The van der Waals surface area contributed by atoms with Crippen LogP contribution in [0.1, 0.15) is 0 Å². The summed E-state index contributed by atoms with van der Waals surface area (Å²) in [6, 6.07) is 12.2. The zero-order valence-corrected chi connectivity index (χ0v) is 10.4. The molecule has 0 radical (unpaired) electrons. The van der Waals surface area contributed by atoms with Crippen molar-refractivity contribution in [3.05, 3.63) is 72.7 Å². The highest BCUT2D eigenvalue weighted by Gasteiger charge is 2.09. The Kier molecular flexibility index (Phi) is 3.21. The Balaban J connectivity index is 2.13. The predicted molar refractivity (Wildman–Crippen MR) is 72.8 cm³/mol. The van der Waals surface area contributed by atoms with Crippen molar-refractivity contribution >= 4 is 0 Å². The molecular weight excluding hydrogens is 258 g/mol. The van der Waals surface area contributed by atoms with Crippen LogP contribution in [0.15, 0.2) is 61.1 Å². The number of rotatable bonds is 2. The zero-order chi connectivity index (χ0) is 13.9. The molecule has 0 saturated heterocycles. The highest BCUT2D eigenvalue weighted by Crippen LogP contribution is 2.29. The van der Waals surface area contributed by atoms with E-state index in [0.717, 1.165) is 16.7 Å². The van der Waals surface area contributed by atoms with E-state index in [-0.39, 0.29) is 11.6 Å². The van der Waals surface area contributed by atoms with Crippen molar-refractivity contribution in [3.63, 3.8) is 0 Å². The van der Waals surface area contributed by atoms with Crippen LogP contribution in [0.3, 0.4) is 0 Å². The fourth-order valence-corrected chi connectivity index (χ4v) is 2.01. The molecule has 0 saturated carbocycles. The van der Waals surface area contributed by atoms with E-state index in [9.17, 15) is 8.78 Å². The third-order valence-corrected chi connectivity index (χ3v) is 2.99. The fraction of sp³-hybridized carbons (Fsp3) is 0. The van der Waals surface area contributed by atoms with Crippen molar-refractivity contribution < 1.29 is 8.78 Å².